The second kappa shape index (κ2) is 9.79. The van der Waals surface area contributed by atoms with Crippen molar-refractivity contribution in [3.05, 3.63) is 54.1 Å². The number of methoxy groups -OCH3 is 1. The summed E-state index contributed by atoms with van der Waals surface area (Å²) in [5.41, 5.74) is 1.65. The molecule has 1 spiro atoms. The fourth-order valence-corrected chi connectivity index (χ4v) is 4.69. The minimum atomic E-state index is 0. The highest BCUT2D eigenvalue weighted by atomic mass is 35.5. The quantitative estimate of drug-likeness (QED) is 0.706. The van der Waals surface area contributed by atoms with Crippen LogP contribution in [0.2, 0.25) is 0 Å². The molecule has 2 aliphatic rings. The molecule has 0 amide bonds. The number of benzene rings is 1. The first-order chi connectivity index (χ1) is 13.8. The molecule has 2 heterocycles. The van der Waals surface area contributed by atoms with E-state index in [2.05, 4.69) is 57.2 Å². The van der Waals surface area contributed by atoms with Crippen LogP contribution in [0.15, 0.2) is 42.7 Å². The normalized spacial score (nSPS) is 20.2. The molecular formula is C23H33ClN4O. The van der Waals surface area contributed by atoms with Crippen molar-refractivity contribution >= 4 is 18.5 Å². The Morgan fingerprint density at radius 3 is 2.86 bits per heavy atom. The Hall–Kier alpha value is -1.82. The Balaban J connectivity index is 0.00000240. The van der Waals surface area contributed by atoms with Crippen molar-refractivity contribution in [1.82, 2.24) is 19.8 Å². The summed E-state index contributed by atoms with van der Waals surface area (Å²) in [5, 5.41) is 3.52. The number of nitrogens with one attached hydrogen (secondary N) is 1. The van der Waals surface area contributed by atoms with Gasteiger partial charge in [-0.15, -0.1) is 12.4 Å². The molecule has 4 rings (SSSR count). The van der Waals surface area contributed by atoms with Crippen LogP contribution in [0.25, 0.3) is 6.08 Å². The van der Waals surface area contributed by atoms with E-state index in [-0.39, 0.29) is 12.4 Å². The number of rotatable bonds is 8. The lowest BCUT2D eigenvalue weighted by molar-refractivity contribution is 0.207. The van der Waals surface area contributed by atoms with E-state index in [0.717, 1.165) is 44.0 Å². The smallest absolute Gasteiger partial charge is 0.126 e. The zero-order valence-electron chi connectivity index (χ0n) is 17.5. The van der Waals surface area contributed by atoms with E-state index in [0.29, 0.717) is 11.5 Å². The topological polar surface area (TPSA) is 42.3 Å². The first-order valence-corrected chi connectivity index (χ1v) is 10.5. The average Bonchev–Trinajstić information content (AvgIpc) is 3.21. The van der Waals surface area contributed by atoms with Gasteiger partial charge in [-0.25, -0.2) is 4.98 Å². The number of aromatic nitrogens is 2. The van der Waals surface area contributed by atoms with Crippen LogP contribution in [0.5, 0.6) is 5.75 Å². The molecule has 158 valence electrons. The van der Waals surface area contributed by atoms with Gasteiger partial charge in [-0.3, -0.25) is 4.90 Å². The fourth-order valence-electron chi connectivity index (χ4n) is 4.69. The molecule has 1 aromatic carbocycles. The van der Waals surface area contributed by atoms with Crippen molar-refractivity contribution in [3.63, 3.8) is 0 Å². The monoisotopic (exact) mass is 416 g/mol. The molecule has 2 fully saturated rings. The molecule has 1 saturated heterocycles. The van der Waals surface area contributed by atoms with Gasteiger partial charge in [-0.2, -0.15) is 0 Å². The molecule has 0 bridgehead atoms. The maximum absolute atomic E-state index is 5.48. The summed E-state index contributed by atoms with van der Waals surface area (Å²) in [4.78, 5) is 7.26. The summed E-state index contributed by atoms with van der Waals surface area (Å²) >= 11 is 0. The van der Waals surface area contributed by atoms with Crippen molar-refractivity contribution in [1.29, 1.82) is 0 Å². The van der Waals surface area contributed by atoms with Gasteiger partial charge >= 0.3 is 0 Å². The number of aryl methyl sites for hydroxylation is 1. The molecule has 0 radical (unpaired) electrons. The Morgan fingerprint density at radius 2 is 2.10 bits per heavy atom. The molecule has 1 aliphatic heterocycles. The van der Waals surface area contributed by atoms with Crippen molar-refractivity contribution in [2.45, 2.75) is 45.3 Å². The third kappa shape index (κ3) is 4.85. The van der Waals surface area contributed by atoms with Gasteiger partial charge < -0.3 is 14.6 Å². The summed E-state index contributed by atoms with van der Waals surface area (Å²) in [6.45, 7) is 7.32. The number of nitrogens with zero attached hydrogens (tertiary/aromatic N) is 3. The molecular weight excluding hydrogens is 384 g/mol. The molecule has 1 unspecified atom stereocenters. The Morgan fingerprint density at radius 1 is 1.31 bits per heavy atom. The Bertz CT molecular complexity index is 813. The van der Waals surface area contributed by atoms with Crippen LogP contribution < -0.4 is 10.1 Å². The maximum Gasteiger partial charge on any atom is 0.126 e. The predicted molar refractivity (Wildman–Crippen MR) is 121 cm³/mol. The van der Waals surface area contributed by atoms with Gasteiger partial charge in [0, 0.05) is 37.1 Å². The van der Waals surface area contributed by atoms with E-state index in [1.807, 2.05) is 18.3 Å². The predicted octanol–water partition coefficient (Wildman–Crippen LogP) is 3.99. The number of piperidine rings is 1. The van der Waals surface area contributed by atoms with Crippen molar-refractivity contribution in [2.24, 2.45) is 5.41 Å². The van der Waals surface area contributed by atoms with Crippen molar-refractivity contribution < 1.29 is 4.74 Å². The van der Waals surface area contributed by atoms with Crippen LogP contribution in [0.1, 0.15) is 37.6 Å². The highest BCUT2D eigenvalue weighted by Gasteiger charge is 2.56. The van der Waals surface area contributed by atoms with Crippen LogP contribution >= 0.6 is 12.4 Å². The van der Waals surface area contributed by atoms with Gasteiger partial charge in [0.2, 0.25) is 0 Å². The lowest BCUT2D eigenvalue weighted by atomic mass is 9.93. The standard InChI is InChI=1S/C23H32N4O.ClH/c1-3-26-16-14-25-22(26)18-27(21-17-23(21)10-12-24-13-11-23)15-6-8-19-7-4-5-9-20(19)28-2;/h4-9,14,16,21,24H,3,10-13,15,17-18H2,1-2H3;1H/b8-6+;. The second-order valence-electron chi connectivity index (χ2n) is 8.04. The molecule has 2 aromatic rings. The molecule has 5 nitrogen and oxygen atoms in total. The van der Waals surface area contributed by atoms with E-state index in [4.69, 9.17) is 4.74 Å². The molecule has 1 N–H and O–H groups in total. The SMILES string of the molecule is CCn1ccnc1CN(C/C=C/c1ccccc1OC)C1CC12CCNCC2.Cl. The molecule has 1 atom stereocenters. The van der Waals surface area contributed by atoms with Gasteiger partial charge in [0.05, 0.1) is 13.7 Å². The van der Waals surface area contributed by atoms with Gasteiger partial charge in [0.1, 0.15) is 11.6 Å². The summed E-state index contributed by atoms with van der Waals surface area (Å²) in [6.07, 6.45) is 12.4. The lowest BCUT2D eigenvalue weighted by Gasteiger charge is -2.29. The van der Waals surface area contributed by atoms with Gasteiger partial charge in [-0.05, 0) is 50.8 Å². The third-order valence-corrected chi connectivity index (χ3v) is 6.45. The van der Waals surface area contributed by atoms with E-state index < -0.39 is 0 Å². The van der Waals surface area contributed by atoms with Crippen molar-refractivity contribution in [3.8, 4) is 5.75 Å². The maximum atomic E-state index is 5.48. The molecule has 1 aromatic heterocycles. The molecule has 6 heteroatoms. The minimum absolute atomic E-state index is 0. The van der Waals surface area contributed by atoms with Gasteiger partial charge in [0.25, 0.3) is 0 Å². The average molecular weight is 417 g/mol. The number of halogens is 1. The summed E-state index contributed by atoms with van der Waals surface area (Å²) in [5.74, 6) is 2.09. The number of hydrogen-bond acceptors (Lipinski definition) is 4. The minimum Gasteiger partial charge on any atom is -0.496 e. The first kappa shape index (κ1) is 21.9. The van der Waals surface area contributed by atoms with Gasteiger partial charge in [0.15, 0.2) is 0 Å². The zero-order valence-corrected chi connectivity index (χ0v) is 18.3. The number of ether oxygens (including phenoxy) is 1. The van der Waals surface area contributed by atoms with Crippen LogP contribution in [-0.4, -0.2) is 47.2 Å². The molecule has 1 aliphatic carbocycles. The second-order valence-corrected chi connectivity index (χ2v) is 8.04. The highest BCUT2D eigenvalue weighted by Crippen LogP contribution is 2.55. The summed E-state index contributed by atoms with van der Waals surface area (Å²) in [6, 6.07) is 8.86. The molecule has 29 heavy (non-hydrogen) atoms. The highest BCUT2D eigenvalue weighted by molar-refractivity contribution is 5.85. The molecule has 1 saturated carbocycles. The van der Waals surface area contributed by atoms with Gasteiger partial charge in [-0.1, -0.05) is 30.4 Å². The lowest BCUT2D eigenvalue weighted by Crippen LogP contribution is -2.36. The van der Waals surface area contributed by atoms with E-state index in [1.165, 1.54) is 25.1 Å². The Kier molecular flexibility index (Phi) is 7.38. The number of para-hydroxylation sites is 1. The van der Waals surface area contributed by atoms with Crippen molar-refractivity contribution in [2.75, 3.05) is 26.7 Å². The van der Waals surface area contributed by atoms with Crippen LogP contribution in [-0.2, 0) is 13.1 Å². The largest absolute Gasteiger partial charge is 0.496 e. The fraction of sp³-hybridized carbons (Fsp3) is 0.522. The van der Waals surface area contributed by atoms with E-state index in [1.54, 1.807) is 7.11 Å². The summed E-state index contributed by atoms with van der Waals surface area (Å²) in [7, 11) is 1.73. The van der Waals surface area contributed by atoms with E-state index in [9.17, 15) is 0 Å². The Labute approximate surface area is 180 Å². The van der Waals surface area contributed by atoms with Crippen LogP contribution in [0, 0.1) is 5.41 Å². The third-order valence-electron chi connectivity index (χ3n) is 6.45. The number of imidazole rings is 1. The van der Waals surface area contributed by atoms with E-state index >= 15 is 0 Å². The summed E-state index contributed by atoms with van der Waals surface area (Å²) < 4.78 is 7.74. The van der Waals surface area contributed by atoms with Crippen LogP contribution in [0.4, 0.5) is 0 Å². The van der Waals surface area contributed by atoms with Crippen LogP contribution in [0.3, 0.4) is 0 Å². The number of hydrogen-bond donors (Lipinski definition) is 1. The zero-order chi connectivity index (χ0) is 19.4. The first-order valence-electron chi connectivity index (χ1n) is 10.5.